The summed E-state index contributed by atoms with van der Waals surface area (Å²) in [7, 11) is 2.10. The van der Waals surface area contributed by atoms with Crippen LogP contribution in [0.25, 0.3) is 5.69 Å². The highest BCUT2D eigenvalue weighted by atomic mass is 16.6. The number of aromatic nitrogens is 2. The minimum atomic E-state index is 0.0447. The number of benzene rings is 2. The Balaban J connectivity index is 1.34. The van der Waals surface area contributed by atoms with Crippen molar-refractivity contribution in [3.05, 3.63) is 72.6 Å². The molecule has 5 nitrogen and oxygen atoms in total. The zero-order valence-electron chi connectivity index (χ0n) is 14.2. The SMILES string of the molecule is CN(Cc1ccc(-n2cccn2)cc1)C[C@H]1COc2ccccc2O1. The van der Waals surface area contributed by atoms with E-state index in [1.165, 1.54) is 5.56 Å². The van der Waals surface area contributed by atoms with Gasteiger partial charge in [-0.25, -0.2) is 4.68 Å². The van der Waals surface area contributed by atoms with Gasteiger partial charge < -0.3 is 9.47 Å². The van der Waals surface area contributed by atoms with Crippen LogP contribution in [0.15, 0.2) is 67.0 Å². The fourth-order valence-corrected chi connectivity index (χ4v) is 3.05. The van der Waals surface area contributed by atoms with Gasteiger partial charge in [0.1, 0.15) is 12.7 Å². The molecule has 0 fully saturated rings. The van der Waals surface area contributed by atoms with Crippen LogP contribution in [0.1, 0.15) is 5.56 Å². The molecule has 0 N–H and O–H groups in total. The second-order valence-corrected chi connectivity index (χ2v) is 6.31. The number of fused-ring (bicyclic) bond motifs is 1. The van der Waals surface area contributed by atoms with Crippen LogP contribution in [0.4, 0.5) is 0 Å². The van der Waals surface area contributed by atoms with Crippen molar-refractivity contribution < 1.29 is 9.47 Å². The summed E-state index contributed by atoms with van der Waals surface area (Å²) in [6.07, 6.45) is 3.77. The molecule has 2 aromatic carbocycles. The summed E-state index contributed by atoms with van der Waals surface area (Å²) >= 11 is 0. The van der Waals surface area contributed by atoms with E-state index in [0.29, 0.717) is 6.61 Å². The number of hydrogen-bond donors (Lipinski definition) is 0. The predicted molar refractivity (Wildman–Crippen MR) is 96.3 cm³/mol. The highest BCUT2D eigenvalue weighted by Crippen LogP contribution is 2.31. The first-order chi connectivity index (χ1) is 12.3. The molecule has 0 saturated heterocycles. The van der Waals surface area contributed by atoms with E-state index in [2.05, 4.69) is 41.3 Å². The van der Waals surface area contributed by atoms with Gasteiger partial charge in [-0.05, 0) is 42.9 Å². The van der Waals surface area contributed by atoms with Crippen molar-refractivity contribution in [1.82, 2.24) is 14.7 Å². The van der Waals surface area contributed by atoms with Gasteiger partial charge in [0.05, 0.1) is 5.69 Å². The van der Waals surface area contributed by atoms with Gasteiger partial charge in [0.25, 0.3) is 0 Å². The Kier molecular flexibility index (Phi) is 4.39. The fraction of sp³-hybridized carbons (Fsp3) is 0.250. The number of rotatable bonds is 5. The van der Waals surface area contributed by atoms with Gasteiger partial charge >= 0.3 is 0 Å². The molecule has 1 aliphatic rings. The molecular weight excluding hydrogens is 314 g/mol. The predicted octanol–water partition coefficient (Wildman–Crippen LogP) is 3.14. The molecule has 1 aliphatic heterocycles. The molecule has 5 heteroatoms. The molecule has 0 spiro atoms. The first-order valence-electron chi connectivity index (χ1n) is 8.44. The summed E-state index contributed by atoms with van der Waals surface area (Å²) < 4.78 is 13.7. The van der Waals surface area contributed by atoms with Gasteiger partial charge in [-0.2, -0.15) is 5.10 Å². The fourth-order valence-electron chi connectivity index (χ4n) is 3.05. The number of nitrogens with zero attached hydrogens (tertiary/aromatic N) is 3. The molecule has 1 aromatic heterocycles. The number of hydrogen-bond acceptors (Lipinski definition) is 4. The second-order valence-electron chi connectivity index (χ2n) is 6.31. The lowest BCUT2D eigenvalue weighted by Gasteiger charge is -2.29. The van der Waals surface area contributed by atoms with Crippen molar-refractivity contribution >= 4 is 0 Å². The summed E-state index contributed by atoms with van der Waals surface area (Å²) in [5, 5.41) is 4.25. The summed E-state index contributed by atoms with van der Waals surface area (Å²) in [6.45, 7) is 2.26. The molecule has 0 bridgehead atoms. The molecule has 2 heterocycles. The van der Waals surface area contributed by atoms with Crippen LogP contribution in [-0.2, 0) is 6.54 Å². The molecule has 0 aliphatic carbocycles. The van der Waals surface area contributed by atoms with E-state index in [-0.39, 0.29) is 6.10 Å². The Hall–Kier alpha value is -2.79. The molecule has 1 atom stereocenters. The summed E-state index contributed by atoms with van der Waals surface area (Å²) in [6, 6.07) is 18.2. The smallest absolute Gasteiger partial charge is 0.161 e. The highest BCUT2D eigenvalue weighted by Gasteiger charge is 2.21. The Morgan fingerprint density at radius 2 is 1.88 bits per heavy atom. The first kappa shape index (κ1) is 15.7. The van der Waals surface area contributed by atoms with Gasteiger partial charge in [-0.15, -0.1) is 0 Å². The lowest BCUT2D eigenvalue weighted by Crippen LogP contribution is -2.39. The summed E-state index contributed by atoms with van der Waals surface area (Å²) in [5.41, 5.74) is 2.33. The molecular formula is C20H21N3O2. The van der Waals surface area contributed by atoms with Crippen LogP contribution in [0.5, 0.6) is 11.5 Å². The molecule has 3 aromatic rings. The number of ether oxygens (including phenoxy) is 2. The van der Waals surface area contributed by atoms with E-state index in [0.717, 1.165) is 30.3 Å². The quantitative estimate of drug-likeness (QED) is 0.718. The largest absolute Gasteiger partial charge is 0.486 e. The third-order valence-corrected chi connectivity index (χ3v) is 4.24. The maximum absolute atomic E-state index is 6.03. The lowest BCUT2D eigenvalue weighted by atomic mass is 10.2. The van der Waals surface area contributed by atoms with E-state index in [1.54, 1.807) is 6.20 Å². The maximum Gasteiger partial charge on any atom is 0.161 e. The van der Waals surface area contributed by atoms with Crippen molar-refractivity contribution in [2.24, 2.45) is 0 Å². The van der Waals surface area contributed by atoms with Crippen LogP contribution in [-0.4, -0.2) is 41.0 Å². The lowest BCUT2D eigenvalue weighted by molar-refractivity contribution is 0.0638. The van der Waals surface area contributed by atoms with Gasteiger partial charge in [0.15, 0.2) is 11.5 Å². The minimum absolute atomic E-state index is 0.0447. The second kappa shape index (κ2) is 6.99. The normalized spacial score (nSPS) is 16.2. The molecule has 0 unspecified atom stereocenters. The summed E-state index contributed by atoms with van der Waals surface area (Å²) in [4.78, 5) is 2.25. The number of para-hydroxylation sites is 2. The van der Waals surface area contributed by atoms with Crippen LogP contribution in [0.2, 0.25) is 0 Å². The highest BCUT2D eigenvalue weighted by molar-refractivity contribution is 5.40. The standard InChI is InChI=1S/C20H21N3O2/c1-22(14-18-15-24-19-5-2-3-6-20(19)25-18)13-16-7-9-17(10-8-16)23-12-4-11-21-23/h2-12,18H,13-15H2,1H3/t18-/m0/s1. The monoisotopic (exact) mass is 335 g/mol. The van der Waals surface area contributed by atoms with Crippen LogP contribution in [0, 0.1) is 0 Å². The van der Waals surface area contributed by atoms with Crippen molar-refractivity contribution in [2.75, 3.05) is 20.2 Å². The average Bonchev–Trinajstić information content (AvgIpc) is 3.17. The minimum Gasteiger partial charge on any atom is -0.486 e. The van der Waals surface area contributed by atoms with Crippen LogP contribution < -0.4 is 9.47 Å². The molecule has 25 heavy (non-hydrogen) atoms. The Labute approximate surface area is 147 Å². The molecule has 0 saturated carbocycles. The van der Waals surface area contributed by atoms with E-state index < -0.39 is 0 Å². The Bertz CT molecular complexity index is 815. The maximum atomic E-state index is 6.03. The molecule has 0 amide bonds. The Morgan fingerprint density at radius 1 is 1.08 bits per heavy atom. The first-order valence-corrected chi connectivity index (χ1v) is 8.44. The molecule has 4 rings (SSSR count). The van der Waals surface area contributed by atoms with Crippen LogP contribution in [0.3, 0.4) is 0 Å². The third kappa shape index (κ3) is 3.67. The molecule has 128 valence electrons. The van der Waals surface area contributed by atoms with Gasteiger partial charge in [-0.1, -0.05) is 24.3 Å². The topological polar surface area (TPSA) is 39.5 Å². The third-order valence-electron chi connectivity index (χ3n) is 4.24. The van der Waals surface area contributed by atoms with E-state index in [4.69, 9.17) is 9.47 Å². The van der Waals surface area contributed by atoms with Crippen molar-refractivity contribution in [3.63, 3.8) is 0 Å². The van der Waals surface area contributed by atoms with Gasteiger partial charge in [-0.3, -0.25) is 4.90 Å². The Morgan fingerprint density at radius 3 is 2.64 bits per heavy atom. The average molecular weight is 335 g/mol. The van der Waals surface area contributed by atoms with Crippen molar-refractivity contribution in [2.45, 2.75) is 12.6 Å². The zero-order valence-corrected chi connectivity index (χ0v) is 14.2. The van der Waals surface area contributed by atoms with E-state index >= 15 is 0 Å². The zero-order chi connectivity index (χ0) is 17.1. The molecule has 0 radical (unpaired) electrons. The van der Waals surface area contributed by atoms with Crippen molar-refractivity contribution in [1.29, 1.82) is 0 Å². The van der Waals surface area contributed by atoms with Crippen molar-refractivity contribution in [3.8, 4) is 17.2 Å². The van der Waals surface area contributed by atoms with E-state index in [1.807, 2.05) is 41.2 Å². The van der Waals surface area contributed by atoms with Gasteiger partial charge in [0, 0.05) is 25.5 Å². The van der Waals surface area contributed by atoms with E-state index in [9.17, 15) is 0 Å². The van der Waals surface area contributed by atoms with Crippen LogP contribution >= 0.6 is 0 Å². The van der Waals surface area contributed by atoms with Gasteiger partial charge in [0.2, 0.25) is 0 Å². The number of likely N-dealkylation sites (N-methyl/N-ethyl adjacent to an activating group) is 1. The summed E-state index contributed by atoms with van der Waals surface area (Å²) in [5.74, 6) is 1.66.